The van der Waals surface area contributed by atoms with Gasteiger partial charge in [-0.1, -0.05) is 0 Å². The summed E-state index contributed by atoms with van der Waals surface area (Å²) in [5.74, 6) is 0. The molecule has 0 aliphatic carbocycles. The van der Waals surface area contributed by atoms with Crippen molar-refractivity contribution in [3.8, 4) is 12.1 Å². The number of nitriles is 2. The molecule has 8 nitrogen and oxygen atoms in total. The summed E-state index contributed by atoms with van der Waals surface area (Å²) in [7, 11) is -9.31. The molecule has 1 rings (SSSR count). The van der Waals surface area contributed by atoms with Gasteiger partial charge in [0.1, 0.15) is 22.6 Å². The molecule has 0 heterocycles. The molecule has 0 spiro atoms. The highest BCUT2D eigenvalue weighted by molar-refractivity contribution is 7.86. The zero-order valence-corrected chi connectivity index (χ0v) is 11.2. The van der Waals surface area contributed by atoms with Gasteiger partial charge in [0.15, 0.2) is 0 Å². The standard InChI is InChI=1S/C10H6N2O6S2/c11-5-7(6-12)3-8-4-9(19(13,14)15)1-2-10(8)20(16,17)18/h1-4H,(H,13,14,15)(H,16,17,18). The average Bonchev–Trinajstić information content (AvgIpc) is 2.33. The summed E-state index contributed by atoms with van der Waals surface area (Å²) in [6, 6.07) is 5.10. The first kappa shape index (κ1) is 15.8. The zero-order chi connectivity index (χ0) is 15.6. The second kappa shape index (κ2) is 5.40. The highest BCUT2D eigenvalue weighted by atomic mass is 32.2. The fourth-order valence-corrected chi connectivity index (χ4v) is 2.45. The Kier molecular flexibility index (Phi) is 4.27. The summed E-state index contributed by atoms with van der Waals surface area (Å²) in [6.45, 7) is 0. The van der Waals surface area contributed by atoms with Crippen molar-refractivity contribution in [3.63, 3.8) is 0 Å². The van der Waals surface area contributed by atoms with Crippen molar-refractivity contribution in [3.05, 3.63) is 29.3 Å². The van der Waals surface area contributed by atoms with Crippen LogP contribution in [0.3, 0.4) is 0 Å². The van der Waals surface area contributed by atoms with Crippen molar-refractivity contribution in [1.82, 2.24) is 0 Å². The molecule has 0 aliphatic heterocycles. The number of hydrogen-bond donors (Lipinski definition) is 2. The number of benzene rings is 1. The lowest BCUT2D eigenvalue weighted by Gasteiger charge is -2.05. The van der Waals surface area contributed by atoms with Crippen LogP contribution < -0.4 is 0 Å². The van der Waals surface area contributed by atoms with Crippen LogP contribution in [-0.4, -0.2) is 25.9 Å². The first-order valence-corrected chi connectivity index (χ1v) is 7.58. The fraction of sp³-hybridized carbons (Fsp3) is 0. The molecule has 10 heteroatoms. The number of nitrogens with zero attached hydrogens (tertiary/aromatic N) is 2. The van der Waals surface area contributed by atoms with Crippen molar-refractivity contribution >= 4 is 26.3 Å². The summed E-state index contributed by atoms with van der Waals surface area (Å²) < 4.78 is 62.0. The van der Waals surface area contributed by atoms with Gasteiger partial charge in [-0.25, -0.2) is 0 Å². The molecule has 1 aromatic rings. The predicted octanol–water partition coefficient (Wildman–Crippen LogP) is 0.611. The fourth-order valence-electron chi connectivity index (χ4n) is 1.28. The minimum Gasteiger partial charge on any atom is -0.282 e. The van der Waals surface area contributed by atoms with E-state index in [9.17, 15) is 16.8 Å². The Balaban J connectivity index is 3.74. The first-order valence-electron chi connectivity index (χ1n) is 4.70. The van der Waals surface area contributed by atoms with E-state index in [0.717, 1.165) is 18.2 Å². The molecule has 0 fully saturated rings. The Hall–Kier alpha value is -2.24. The quantitative estimate of drug-likeness (QED) is 0.607. The van der Waals surface area contributed by atoms with E-state index in [-0.39, 0.29) is 0 Å². The van der Waals surface area contributed by atoms with Crippen LogP contribution in [0.15, 0.2) is 33.6 Å². The molecule has 0 aromatic heterocycles. The Morgan fingerprint density at radius 2 is 1.60 bits per heavy atom. The second-order valence-corrected chi connectivity index (χ2v) is 6.24. The van der Waals surface area contributed by atoms with Crippen LogP contribution in [-0.2, 0) is 20.2 Å². The van der Waals surface area contributed by atoms with Gasteiger partial charge in [-0.3, -0.25) is 9.11 Å². The van der Waals surface area contributed by atoms with Crippen molar-refractivity contribution in [2.45, 2.75) is 9.79 Å². The van der Waals surface area contributed by atoms with Gasteiger partial charge in [-0.15, -0.1) is 0 Å². The highest BCUT2D eigenvalue weighted by Gasteiger charge is 2.19. The van der Waals surface area contributed by atoms with Gasteiger partial charge in [0.05, 0.1) is 4.90 Å². The lowest BCUT2D eigenvalue weighted by molar-refractivity contribution is 0.478. The lowest BCUT2D eigenvalue weighted by Crippen LogP contribution is -2.04. The molecule has 0 bridgehead atoms. The van der Waals surface area contributed by atoms with Crippen LogP contribution in [0.4, 0.5) is 0 Å². The van der Waals surface area contributed by atoms with Crippen LogP contribution in [0.25, 0.3) is 6.08 Å². The van der Waals surface area contributed by atoms with E-state index in [0.29, 0.717) is 6.07 Å². The van der Waals surface area contributed by atoms with Gasteiger partial charge in [-0.2, -0.15) is 27.4 Å². The van der Waals surface area contributed by atoms with Crippen LogP contribution in [0.1, 0.15) is 5.56 Å². The van der Waals surface area contributed by atoms with Gasteiger partial charge in [-0.05, 0) is 29.8 Å². The molecule has 0 aliphatic rings. The summed E-state index contributed by atoms with van der Waals surface area (Å²) in [6.07, 6.45) is 0.776. The van der Waals surface area contributed by atoms with Gasteiger partial charge in [0, 0.05) is 0 Å². The number of hydrogen-bond acceptors (Lipinski definition) is 6. The Morgan fingerprint density at radius 3 is 2.00 bits per heavy atom. The SMILES string of the molecule is N#CC(C#N)=Cc1cc(S(=O)(=O)O)ccc1S(=O)(=O)O. The van der Waals surface area contributed by atoms with E-state index in [4.69, 9.17) is 19.6 Å². The summed E-state index contributed by atoms with van der Waals surface area (Å²) in [5.41, 5.74) is -0.928. The minimum absolute atomic E-state index is 0.416. The molecule has 20 heavy (non-hydrogen) atoms. The van der Waals surface area contributed by atoms with E-state index in [1.165, 1.54) is 12.1 Å². The van der Waals surface area contributed by atoms with Crippen LogP contribution >= 0.6 is 0 Å². The first-order chi connectivity index (χ1) is 9.09. The zero-order valence-electron chi connectivity index (χ0n) is 9.55. The minimum atomic E-state index is -4.70. The molecule has 0 radical (unpaired) electrons. The third-order valence-electron chi connectivity index (χ3n) is 2.10. The van der Waals surface area contributed by atoms with Crippen LogP contribution in [0.2, 0.25) is 0 Å². The van der Waals surface area contributed by atoms with E-state index in [1.54, 1.807) is 0 Å². The van der Waals surface area contributed by atoms with Crippen molar-refractivity contribution in [2.24, 2.45) is 0 Å². The molecule has 0 atom stereocenters. The lowest BCUT2D eigenvalue weighted by atomic mass is 10.1. The second-order valence-electron chi connectivity index (χ2n) is 3.43. The van der Waals surface area contributed by atoms with E-state index >= 15 is 0 Å². The van der Waals surface area contributed by atoms with Crippen molar-refractivity contribution in [1.29, 1.82) is 10.5 Å². The third-order valence-corrected chi connectivity index (χ3v) is 3.88. The molecule has 0 amide bonds. The van der Waals surface area contributed by atoms with Crippen molar-refractivity contribution < 1.29 is 25.9 Å². The van der Waals surface area contributed by atoms with E-state index in [1.807, 2.05) is 0 Å². The Bertz CT molecular complexity index is 853. The Labute approximate surface area is 114 Å². The summed E-state index contributed by atoms with van der Waals surface area (Å²) >= 11 is 0. The van der Waals surface area contributed by atoms with Crippen molar-refractivity contribution in [2.75, 3.05) is 0 Å². The van der Waals surface area contributed by atoms with Crippen LogP contribution in [0.5, 0.6) is 0 Å². The molecule has 0 saturated carbocycles. The molecular weight excluding hydrogens is 308 g/mol. The van der Waals surface area contributed by atoms with E-state index < -0.39 is 41.2 Å². The maximum absolute atomic E-state index is 11.1. The highest BCUT2D eigenvalue weighted by Crippen LogP contribution is 2.22. The molecular formula is C10H6N2O6S2. The van der Waals surface area contributed by atoms with Gasteiger partial charge in [0.25, 0.3) is 20.2 Å². The third kappa shape index (κ3) is 3.63. The predicted molar refractivity (Wildman–Crippen MR) is 65.3 cm³/mol. The summed E-state index contributed by atoms with van der Waals surface area (Å²) in [5, 5.41) is 17.2. The average molecular weight is 314 g/mol. The topological polar surface area (TPSA) is 156 Å². The number of allylic oxidation sites excluding steroid dienone is 1. The van der Waals surface area contributed by atoms with E-state index in [2.05, 4.69) is 0 Å². The molecule has 2 N–H and O–H groups in total. The monoisotopic (exact) mass is 314 g/mol. The Morgan fingerprint density at radius 1 is 1.05 bits per heavy atom. The largest absolute Gasteiger partial charge is 0.295 e. The smallest absolute Gasteiger partial charge is 0.282 e. The maximum atomic E-state index is 11.1. The maximum Gasteiger partial charge on any atom is 0.295 e. The van der Waals surface area contributed by atoms with Gasteiger partial charge in [0.2, 0.25) is 0 Å². The van der Waals surface area contributed by atoms with Crippen LogP contribution in [0, 0.1) is 22.7 Å². The molecule has 1 aromatic carbocycles. The van der Waals surface area contributed by atoms with Gasteiger partial charge >= 0.3 is 0 Å². The molecule has 104 valence electrons. The molecule has 0 saturated heterocycles. The van der Waals surface area contributed by atoms with Gasteiger partial charge < -0.3 is 0 Å². The summed E-state index contributed by atoms with van der Waals surface area (Å²) in [4.78, 5) is -1.35. The molecule has 0 unspecified atom stereocenters. The normalized spacial score (nSPS) is 11.2. The number of rotatable bonds is 3.